The van der Waals surface area contributed by atoms with Gasteiger partial charge in [-0.2, -0.15) is 5.10 Å². The van der Waals surface area contributed by atoms with Crippen LogP contribution in [0, 0.1) is 0 Å². The molecule has 2 amide bonds. The summed E-state index contributed by atoms with van der Waals surface area (Å²) in [6, 6.07) is 8.94. The number of carboxylic acid groups (broad SMARTS) is 1. The minimum Gasteiger partial charge on any atom is -0.505 e. The number of aliphatic carboxylic acids is 1. The standard InChI is InChI=1S/C19H19N5O5/c1-22-11-7-15(25)17(18(22)28)24(19(29)20-9-6-16(26)27)14-5-2-4-13(12-14)23-10-3-8-21-23/h2-5,7-8,10-12,25H,6,9H2,1H3,(H,20,29)(H,26,27). The summed E-state index contributed by atoms with van der Waals surface area (Å²) >= 11 is 0. The van der Waals surface area contributed by atoms with E-state index in [9.17, 15) is 19.5 Å². The Labute approximate surface area is 165 Å². The van der Waals surface area contributed by atoms with Crippen molar-refractivity contribution in [3.63, 3.8) is 0 Å². The third kappa shape index (κ3) is 4.26. The van der Waals surface area contributed by atoms with Crippen molar-refractivity contribution in [2.75, 3.05) is 11.4 Å². The van der Waals surface area contributed by atoms with Crippen LogP contribution in [0.1, 0.15) is 6.42 Å². The summed E-state index contributed by atoms with van der Waals surface area (Å²) in [6.07, 6.45) is 4.41. The number of aromatic hydroxyl groups is 1. The van der Waals surface area contributed by atoms with E-state index in [0.29, 0.717) is 11.4 Å². The average Bonchev–Trinajstić information content (AvgIpc) is 3.23. The Morgan fingerprint density at radius 2 is 2.00 bits per heavy atom. The Bertz CT molecular complexity index is 1090. The molecule has 2 aromatic heterocycles. The lowest BCUT2D eigenvalue weighted by atomic mass is 10.2. The van der Waals surface area contributed by atoms with Crippen molar-refractivity contribution >= 4 is 23.4 Å². The van der Waals surface area contributed by atoms with Gasteiger partial charge in [-0.1, -0.05) is 6.07 Å². The summed E-state index contributed by atoms with van der Waals surface area (Å²) in [7, 11) is 1.49. The first-order valence-corrected chi connectivity index (χ1v) is 8.67. The molecule has 0 fully saturated rings. The second-order valence-electron chi connectivity index (χ2n) is 6.15. The van der Waals surface area contributed by atoms with Crippen molar-refractivity contribution in [3.05, 3.63) is 65.3 Å². The first kappa shape index (κ1) is 19.7. The second-order valence-corrected chi connectivity index (χ2v) is 6.15. The molecule has 1 aromatic carbocycles. The number of hydrogen-bond donors (Lipinski definition) is 3. The van der Waals surface area contributed by atoms with Crippen molar-refractivity contribution in [2.45, 2.75) is 6.42 Å². The highest BCUT2D eigenvalue weighted by Crippen LogP contribution is 2.31. The van der Waals surface area contributed by atoms with Crippen LogP contribution in [-0.4, -0.2) is 43.1 Å². The first-order valence-electron chi connectivity index (χ1n) is 8.67. The van der Waals surface area contributed by atoms with Crippen LogP contribution in [0.15, 0.2) is 59.8 Å². The van der Waals surface area contributed by atoms with Crippen LogP contribution in [0.3, 0.4) is 0 Å². The molecule has 3 rings (SSSR count). The smallest absolute Gasteiger partial charge is 0.326 e. The fourth-order valence-electron chi connectivity index (χ4n) is 2.72. The zero-order chi connectivity index (χ0) is 21.0. The molecule has 0 aliphatic carbocycles. The Kier molecular flexibility index (Phi) is 5.63. The average molecular weight is 397 g/mol. The van der Waals surface area contributed by atoms with E-state index in [0.717, 1.165) is 4.90 Å². The van der Waals surface area contributed by atoms with E-state index in [4.69, 9.17) is 5.11 Å². The SMILES string of the molecule is Cn1ccc(O)c(N(C(=O)NCCC(=O)O)c2cccc(-n3cccn3)c2)c1=O. The van der Waals surface area contributed by atoms with E-state index in [1.54, 1.807) is 47.4 Å². The van der Waals surface area contributed by atoms with Gasteiger partial charge in [-0.05, 0) is 30.3 Å². The maximum absolute atomic E-state index is 12.9. The normalized spacial score (nSPS) is 10.5. The number of nitrogens with zero attached hydrogens (tertiary/aromatic N) is 4. The second kappa shape index (κ2) is 8.30. The topological polar surface area (TPSA) is 130 Å². The number of amides is 2. The van der Waals surface area contributed by atoms with E-state index in [1.165, 1.54) is 23.9 Å². The predicted molar refractivity (Wildman–Crippen MR) is 105 cm³/mol. The van der Waals surface area contributed by atoms with Gasteiger partial charge in [-0.15, -0.1) is 0 Å². The predicted octanol–water partition coefficient (Wildman–Crippen LogP) is 1.60. The number of hydrogen-bond acceptors (Lipinski definition) is 5. The Morgan fingerprint density at radius 1 is 1.21 bits per heavy atom. The largest absolute Gasteiger partial charge is 0.505 e. The number of carboxylic acids is 1. The quantitative estimate of drug-likeness (QED) is 0.579. The van der Waals surface area contributed by atoms with Crippen LogP contribution >= 0.6 is 0 Å². The zero-order valence-corrected chi connectivity index (χ0v) is 15.5. The molecule has 0 atom stereocenters. The fourth-order valence-corrected chi connectivity index (χ4v) is 2.72. The number of urea groups is 1. The summed E-state index contributed by atoms with van der Waals surface area (Å²) < 4.78 is 2.80. The molecule has 3 aromatic rings. The zero-order valence-electron chi connectivity index (χ0n) is 15.5. The maximum Gasteiger partial charge on any atom is 0.326 e. The Hall–Kier alpha value is -4.08. The van der Waals surface area contributed by atoms with Crippen LogP contribution in [0.25, 0.3) is 5.69 Å². The number of aromatic nitrogens is 3. The monoisotopic (exact) mass is 397 g/mol. The summed E-state index contributed by atoms with van der Waals surface area (Å²) in [4.78, 5) is 37.3. The van der Waals surface area contributed by atoms with E-state index in [2.05, 4.69) is 10.4 Å². The molecule has 29 heavy (non-hydrogen) atoms. The number of aryl methyl sites for hydroxylation is 1. The molecule has 3 N–H and O–H groups in total. The Morgan fingerprint density at radius 3 is 2.69 bits per heavy atom. The molecule has 10 nitrogen and oxygen atoms in total. The maximum atomic E-state index is 12.9. The van der Waals surface area contributed by atoms with Crippen molar-refractivity contribution in [2.24, 2.45) is 7.05 Å². The van der Waals surface area contributed by atoms with Crippen molar-refractivity contribution in [1.82, 2.24) is 19.7 Å². The van der Waals surface area contributed by atoms with E-state index < -0.39 is 17.6 Å². The van der Waals surface area contributed by atoms with Crippen LogP contribution in [0.2, 0.25) is 0 Å². The molecular weight excluding hydrogens is 378 g/mol. The number of pyridine rings is 1. The number of carbonyl (C=O) groups is 2. The minimum atomic E-state index is -1.07. The van der Waals surface area contributed by atoms with Gasteiger partial charge in [0.1, 0.15) is 5.75 Å². The third-order valence-electron chi connectivity index (χ3n) is 4.12. The molecule has 0 saturated heterocycles. The number of carbonyl (C=O) groups excluding carboxylic acids is 1. The van der Waals surface area contributed by atoms with Gasteiger partial charge in [0.05, 0.1) is 17.8 Å². The van der Waals surface area contributed by atoms with Gasteiger partial charge in [0.25, 0.3) is 5.56 Å². The van der Waals surface area contributed by atoms with Gasteiger partial charge >= 0.3 is 12.0 Å². The van der Waals surface area contributed by atoms with Gasteiger partial charge < -0.3 is 20.1 Å². The Balaban J connectivity index is 2.08. The van der Waals surface area contributed by atoms with Crippen LogP contribution < -0.4 is 15.8 Å². The number of benzene rings is 1. The molecule has 0 spiro atoms. The van der Waals surface area contributed by atoms with Crippen LogP contribution in [-0.2, 0) is 11.8 Å². The van der Waals surface area contributed by atoms with Gasteiger partial charge in [-0.3, -0.25) is 14.5 Å². The number of rotatable bonds is 6. The molecule has 0 saturated carbocycles. The van der Waals surface area contributed by atoms with Gasteiger partial charge in [-0.25, -0.2) is 9.48 Å². The summed E-state index contributed by atoms with van der Waals surface area (Å²) in [6.45, 7) is -0.141. The highest BCUT2D eigenvalue weighted by Gasteiger charge is 2.25. The lowest BCUT2D eigenvalue weighted by Gasteiger charge is -2.24. The number of anilines is 2. The summed E-state index contributed by atoms with van der Waals surface area (Å²) in [5.74, 6) is -1.46. The molecule has 0 bridgehead atoms. The van der Waals surface area contributed by atoms with E-state index in [1.807, 2.05) is 0 Å². The van der Waals surface area contributed by atoms with Crippen molar-refractivity contribution in [1.29, 1.82) is 0 Å². The molecule has 0 radical (unpaired) electrons. The lowest BCUT2D eigenvalue weighted by molar-refractivity contribution is -0.136. The molecular formula is C19H19N5O5. The van der Waals surface area contributed by atoms with E-state index >= 15 is 0 Å². The minimum absolute atomic E-state index is 0.141. The molecule has 10 heteroatoms. The highest BCUT2D eigenvalue weighted by molar-refractivity contribution is 6.00. The summed E-state index contributed by atoms with van der Waals surface area (Å²) in [5.41, 5.74) is 0.0795. The fraction of sp³-hybridized carbons (Fsp3) is 0.158. The van der Waals surface area contributed by atoms with Gasteiger partial charge in [0.15, 0.2) is 5.69 Å². The molecule has 0 aliphatic rings. The van der Waals surface area contributed by atoms with Gasteiger partial charge in [0, 0.05) is 32.2 Å². The highest BCUT2D eigenvalue weighted by atomic mass is 16.4. The van der Waals surface area contributed by atoms with E-state index in [-0.39, 0.29) is 24.4 Å². The van der Waals surface area contributed by atoms with Gasteiger partial charge in [0.2, 0.25) is 0 Å². The third-order valence-corrected chi connectivity index (χ3v) is 4.12. The van der Waals surface area contributed by atoms with Crippen molar-refractivity contribution < 1.29 is 19.8 Å². The lowest BCUT2D eigenvalue weighted by Crippen LogP contribution is -2.41. The molecule has 0 aliphatic heterocycles. The number of nitrogens with one attached hydrogen (secondary N) is 1. The van der Waals surface area contributed by atoms with Crippen molar-refractivity contribution in [3.8, 4) is 11.4 Å². The molecule has 2 heterocycles. The molecule has 150 valence electrons. The first-order chi connectivity index (χ1) is 13.9. The summed E-state index contributed by atoms with van der Waals surface area (Å²) in [5, 5.41) is 25.7. The van der Waals surface area contributed by atoms with Crippen LogP contribution in [0.5, 0.6) is 5.75 Å². The van der Waals surface area contributed by atoms with Crippen LogP contribution in [0.4, 0.5) is 16.2 Å². The molecule has 0 unspecified atom stereocenters.